The summed E-state index contributed by atoms with van der Waals surface area (Å²) in [6.45, 7) is 3.23. The topological polar surface area (TPSA) is 24.9 Å². The Morgan fingerprint density at radius 1 is 1.47 bits per heavy atom. The number of halogens is 1. The van der Waals surface area contributed by atoms with Crippen molar-refractivity contribution in [3.05, 3.63) is 29.0 Å². The molecule has 0 unspecified atom stereocenters. The van der Waals surface area contributed by atoms with Crippen LogP contribution in [0.4, 0.5) is 4.39 Å². The van der Waals surface area contributed by atoms with Gasteiger partial charge in [-0.25, -0.2) is 9.37 Å². The SMILES string of the molecule is C[C@@H]1C[C@H](c2nc3c(F)cccc3s2)CCN1. The molecule has 1 saturated heterocycles. The van der Waals surface area contributed by atoms with Crippen LogP contribution in [-0.4, -0.2) is 17.6 Å². The molecule has 1 aromatic heterocycles. The Bertz CT molecular complexity index is 537. The van der Waals surface area contributed by atoms with Gasteiger partial charge < -0.3 is 5.32 Å². The average molecular weight is 250 g/mol. The van der Waals surface area contributed by atoms with E-state index in [2.05, 4.69) is 17.2 Å². The second kappa shape index (κ2) is 4.35. The van der Waals surface area contributed by atoms with Crippen LogP contribution in [-0.2, 0) is 0 Å². The Kier molecular flexibility index (Phi) is 2.84. The third kappa shape index (κ3) is 2.07. The summed E-state index contributed by atoms with van der Waals surface area (Å²) < 4.78 is 14.5. The monoisotopic (exact) mass is 250 g/mol. The number of rotatable bonds is 1. The van der Waals surface area contributed by atoms with Crippen molar-refractivity contribution in [2.45, 2.75) is 31.7 Å². The summed E-state index contributed by atoms with van der Waals surface area (Å²) in [4.78, 5) is 4.49. The van der Waals surface area contributed by atoms with Gasteiger partial charge in [-0.1, -0.05) is 6.07 Å². The van der Waals surface area contributed by atoms with Crippen molar-refractivity contribution in [2.75, 3.05) is 6.54 Å². The minimum absolute atomic E-state index is 0.202. The molecule has 1 aliphatic heterocycles. The number of thiazole rings is 1. The van der Waals surface area contributed by atoms with E-state index in [1.165, 1.54) is 6.07 Å². The van der Waals surface area contributed by atoms with Gasteiger partial charge in [0.15, 0.2) is 0 Å². The number of hydrogen-bond donors (Lipinski definition) is 1. The lowest BCUT2D eigenvalue weighted by Crippen LogP contribution is -2.34. The van der Waals surface area contributed by atoms with E-state index in [0.29, 0.717) is 17.5 Å². The highest BCUT2D eigenvalue weighted by Gasteiger charge is 2.23. The molecule has 0 amide bonds. The predicted octanol–water partition coefficient (Wildman–Crippen LogP) is 3.29. The van der Waals surface area contributed by atoms with Crippen LogP contribution in [0.5, 0.6) is 0 Å². The van der Waals surface area contributed by atoms with Gasteiger partial charge in [0.1, 0.15) is 11.3 Å². The highest BCUT2D eigenvalue weighted by atomic mass is 32.1. The van der Waals surface area contributed by atoms with Gasteiger partial charge >= 0.3 is 0 Å². The number of nitrogens with one attached hydrogen (secondary N) is 1. The van der Waals surface area contributed by atoms with E-state index in [4.69, 9.17) is 0 Å². The highest BCUT2D eigenvalue weighted by Crippen LogP contribution is 2.34. The molecule has 90 valence electrons. The van der Waals surface area contributed by atoms with Gasteiger partial charge in [-0.2, -0.15) is 0 Å². The smallest absolute Gasteiger partial charge is 0.150 e. The molecule has 1 aliphatic rings. The van der Waals surface area contributed by atoms with Gasteiger partial charge in [-0.05, 0) is 38.4 Å². The van der Waals surface area contributed by atoms with Crippen LogP contribution in [0.3, 0.4) is 0 Å². The maximum Gasteiger partial charge on any atom is 0.150 e. The molecule has 0 radical (unpaired) electrons. The molecule has 17 heavy (non-hydrogen) atoms. The molecule has 3 rings (SSSR count). The first-order valence-electron chi connectivity index (χ1n) is 6.02. The van der Waals surface area contributed by atoms with Gasteiger partial charge in [0, 0.05) is 12.0 Å². The Balaban J connectivity index is 1.97. The van der Waals surface area contributed by atoms with Crippen molar-refractivity contribution < 1.29 is 4.39 Å². The van der Waals surface area contributed by atoms with Crippen molar-refractivity contribution >= 4 is 21.6 Å². The molecule has 2 nitrogen and oxygen atoms in total. The summed E-state index contributed by atoms with van der Waals surface area (Å²) >= 11 is 1.64. The Morgan fingerprint density at radius 2 is 2.35 bits per heavy atom. The summed E-state index contributed by atoms with van der Waals surface area (Å²) in [6.07, 6.45) is 2.20. The summed E-state index contributed by atoms with van der Waals surface area (Å²) in [5, 5.41) is 4.53. The minimum atomic E-state index is -0.202. The van der Waals surface area contributed by atoms with Crippen molar-refractivity contribution in [3.8, 4) is 0 Å². The predicted molar refractivity (Wildman–Crippen MR) is 69.0 cm³/mol. The Labute approximate surface area is 104 Å². The molecular weight excluding hydrogens is 235 g/mol. The van der Waals surface area contributed by atoms with Crippen LogP contribution in [0.25, 0.3) is 10.2 Å². The largest absolute Gasteiger partial charge is 0.314 e. The van der Waals surface area contributed by atoms with Crippen LogP contribution in [0, 0.1) is 5.82 Å². The minimum Gasteiger partial charge on any atom is -0.314 e. The molecule has 1 aromatic carbocycles. The van der Waals surface area contributed by atoms with Crippen LogP contribution in [0.1, 0.15) is 30.7 Å². The number of para-hydroxylation sites is 1. The van der Waals surface area contributed by atoms with Gasteiger partial charge in [0.2, 0.25) is 0 Å². The van der Waals surface area contributed by atoms with Gasteiger partial charge in [-0.3, -0.25) is 0 Å². The van der Waals surface area contributed by atoms with Gasteiger partial charge in [-0.15, -0.1) is 11.3 Å². The van der Waals surface area contributed by atoms with Crippen LogP contribution in [0.15, 0.2) is 18.2 Å². The van der Waals surface area contributed by atoms with Crippen molar-refractivity contribution in [1.29, 1.82) is 0 Å². The average Bonchev–Trinajstić information content (AvgIpc) is 2.74. The molecule has 4 heteroatoms. The third-order valence-electron chi connectivity index (χ3n) is 3.36. The van der Waals surface area contributed by atoms with E-state index in [1.807, 2.05) is 6.07 Å². The second-order valence-corrected chi connectivity index (χ2v) is 5.78. The molecule has 1 N–H and O–H groups in total. The zero-order valence-corrected chi connectivity index (χ0v) is 10.6. The van der Waals surface area contributed by atoms with E-state index in [9.17, 15) is 4.39 Å². The molecular formula is C13H15FN2S. The lowest BCUT2D eigenvalue weighted by Gasteiger charge is -2.26. The maximum absolute atomic E-state index is 13.6. The Morgan fingerprint density at radius 3 is 3.12 bits per heavy atom. The number of nitrogens with zero attached hydrogens (tertiary/aromatic N) is 1. The molecule has 2 atom stereocenters. The standard InChI is InChI=1S/C13H15FN2S/c1-8-7-9(5-6-15-8)13-16-12-10(14)3-2-4-11(12)17-13/h2-4,8-9,15H,5-7H2,1H3/t8-,9-/m1/s1. The lowest BCUT2D eigenvalue weighted by molar-refractivity contribution is 0.381. The first-order chi connectivity index (χ1) is 8.24. The second-order valence-electron chi connectivity index (χ2n) is 4.72. The number of fused-ring (bicyclic) bond motifs is 1. The van der Waals surface area contributed by atoms with Crippen LogP contribution >= 0.6 is 11.3 Å². The number of hydrogen-bond acceptors (Lipinski definition) is 3. The number of aromatic nitrogens is 1. The fraction of sp³-hybridized carbons (Fsp3) is 0.462. The third-order valence-corrected chi connectivity index (χ3v) is 4.54. The highest BCUT2D eigenvalue weighted by molar-refractivity contribution is 7.18. The lowest BCUT2D eigenvalue weighted by atomic mass is 9.94. The molecule has 0 bridgehead atoms. The van der Waals surface area contributed by atoms with Crippen LogP contribution in [0.2, 0.25) is 0 Å². The summed E-state index contributed by atoms with van der Waals surface area (Å²) in [5.74, 6) is 0.287. The zero-order valence-electron chi connectivity index (χ0n) is 9.74. The molecule has 0 saturated carbocycles. The Hall–Kier alpha value is -1.00. The fourth-order valence-electron chi connectivity index (χ4n) is 2.46. The summed E-state index contributed by atoms with van der Waals surface area (Å²) in [6, 6.07) is 5.72. The molecule has 0 aliphatic carbocycles. The molecule has 2 heterocycles. The number of benzene rings is 1. The number of piperidine rings is 1. The fourth-order valence-corrected chi connectivity index (χ4v) is 3.59. The van der Waals surface area contributed by atoms with E-state index in [0.717, 1.165) is 29.1 Å². The normalized spacial score (nSPS) is 25.3. The zero-order chi connectivity index (χ0) is 11.8. The molecule has 2 aromatic rings. The summed E-state index contributed by atoms with van der Waals surface area (Å²) in [5.41, 5.74) is 0.540. The van der Waals surface area contributed by atoms with Crippen LogP contribution < -0.4 is 5.32 Å². The van der Waals surface area contributed by atoms with E-state index in [-0.39, 0.29) is 5.82 Å². The van der Waals surface area contributed by atoms with Gasteiger partial charge in [0.05, 0.1) is 9.71 Å². The first kappa shape index (κ1) is 11.1. The van der Waals surface area contributed by atoms with Crippen molar-refractivity contribution in [2.24, 2.45) is 0 Å². The van der Waals surface area contributed by atoms with E-state index >= 15 is 0 Å². The quantitative estimate of drug-likeness (QED) is 0.840. The molecule has 0 spiro atoms. The van der Waals surface area contributed by atoms with Crippen molar-refractivity contribution in [3.63, 3.8) is 0 Å². The summed E-state index contributed by atoms with van der Waals surface area (Å²) in [7, 11) is 0. The van der Waals surface area contributed by atoms with Gasteiger partial charge in [0.25, 0.3) is 0 Å². The van der Waals surface area contributed by atoms with E-state index < -0.39 is 0 Å². The first-order valence-corrected chi connectivity index (χ1v) is 6.84. The van der Waals surface area contributed by atoms with Crippen molar-refractivity contribution in [1.82, 2.24) is 10.3 Å². The maximum atomic E-state index is 13.6. The van der Waals surface area contributed by atoms with E-state index in [1.54, 1.807) is 17.4 Å². The molecule has 1 fully saturated rings.